The highest BCUT2D eigenvalue weighted by molar-refractivity contribution is 5.91. The van der Waals surface area contributed by atoms with Gasteiger partial charge in [0.15, 0.2) is 0 Å². The van der Waals surface area contributed by atoms with E-state index in [2.05, 4.69) is 12.7 Å². The van der Waals surface area contributed by atoms with E-state index < -0.39 is 0 Å². The number of allylic oxidation sites excluding steroid dienone is 1. The van der Waals surface area contributed by atoms with Gasteiger partial charge in [-0.1, -0.05) is 18.7 Å². The molecule has 0 aromatic heterocycles. The van der Waals surface area contributed by atoms with Crippen LogP contribution in [0.1, 0.15) is 12.8 Å². The van der Waals surface area contributed by atoms with Crippen molar-refractivity contribution in [3.05, 3.63) is 36.0 Å². The van der Waals surface area contributed by atoms with Crippen LogP contribution in [0.5, 0.6) is 0 Å². The Hall–Kier alpha value is -1.39. The largest absolute Gasteiger partial charge is 0.454 e. The van der Waals surface area contributed by atoms with E-state index in [0.29, 0.717) is 12.2 Å². The molecule has 2 fully saturated rings. The first kappa shape index (κ1) is 12.6. The van der Waals surface area contributed by atoms with E-state index in [0.717, 1.165) is 12.8 Å². The fourth-order valence-corrected chi connectivity index (χ4v) is 2.96. The average molecular weight is 262 g/mol. The Kier molecular flexibility index (Phi) is 3.29. The first-order chi connectivity index (χ1) is 9.19. The lowest BCUT2D eigenvalue weighted by Gasteiger charge is -2.21. The molecule has 1 aliphatic carbocycles. The maximum atomic E-state index is 11.7. The summed E-state index contributed by atoms with van der Waals surface area (Å²) in [7, 11) is 0. The zero-order valence-corrected chi connectivity index (χ0v) is 10.7. The molecule has 2 heterocycles. The Morgan fingerprint density at radius 1 is 1.42 bits per heavy atom. The van der Waals surface area contributed by atoms with Crippen molar-refractivity contribution < 1.29 is 19.4 Å². The summed E-state index contributed by atoms with van der Waals surface area (Å²) in [6.07, 6.45) is 7.24. The van der Waals surface area contributed by atoms with Crippen LogP contribution in [-0.4, -0.2) is 36.5 Å². The van der Waals surface area contributed by atoms with Crippen LogP contribution in [0.15, 0.2) is 36.0 Å². The van der Waals surface area contributed by atoms with Crippen LogP contribution in [0.2, 0.25) is 0 Å². The number of aliphatic hydroxyl groups excluding tert-OH is 1. The Labute approximate surface area is 112 Å². The minimum Gasteiger partial charge on any atom is -0.454 e. The molecule has 0 saturated carbocycles. The number of hydrogen-bond acceptors (Lipinski definition) is 4. The average Bonchev–Trinajstić information content (AvgIpc) is 2.95. The number of aliphatic hydroxyl groups is 1. The minimum absolute atomic E-state index is 0.0227. The van der Waals surface area contributed by atoms with Crippen molar-refractivity contribution in [3.8, 4) is 0 Å². The van der Waals surface area contributed by atoms with E-state index >= 15 is 0 Å². The van der Waals surface area contributed by atoms with Crippen LogP contribution in [0.4, 0.5) is 0 Å². The molecule has 1 unspecified atom stereocenters. The molecule has 3 aliphatic rings. The van der Waals surface area contributed by atoms with Gasteiger partial charge in [0.05, 0.1) is 18.6 Å². The van der Waals surface area contributed by atoms with Gasteiger partial charge in [-0.05, 0) is 24.5 Å². The Morgan fingerprint density at radius 2 is 2.26 bits per heavy atom. The number of hydrogen-bond donors (Lipinski definition) is 1. The number of carbonyl (C=O) groups is 1. The predicted molar refractivity (Wildman–Crippen MR) is 69.3 cm³/mol. The van der Waals surface area contributed by atoms with Crippen molar-refractivity contribution in [2.24, 2.45) is 11.8 Å². The Balaban J connectivity index is 1.93. The number of fused-ring (bicyclic) bond motifs is 4. The van der Waals surface area contributed by atoms with Crippen LogP contribution in [-0.2, 0) is 14.3 Å². The first-order valence-corrected chi connectivity index (χ1v) is 6.67. The third kappa shape index (κ3) is 2.26. The van der Waals surface area contributed by atoms with Crippen LogP contribution < -0.4 is 0 Å². The van der Waals surface area contributed by atoms with Gasteiger partial charge in [-0.25, -0.2) is 4.79 Å². The topological polar surface area (TPSA) is 55.8 Å². The molecule has 0 amide bonds. The summed E-state index contributed by atoms with van der Waals surface area (Å²) in [4.78, 5) is 11.7. The lowest BCUT2D eigenvalue weighted by molar-refractivity contribution is -0.137. The minimum atomic E-state index is -0.333. The van der Waals surface area contributed by atoms with Crippen LogP contribution in [0.25, 0.3) is 0 Å². The highest BCUT2D eigenvalue weighted by Crippen LogP contribution is 2.38. The summed E-state index contributed by atoms with van der Waals surface area (Å²) in [5.41, 5.74) is 1.74. The number of carbonyl (C=O) groups excluding carboxylic acids is 1. The van der Waals surface area contributed by atoms with Crippen molar-refractivity contribution in [2.45, 2.75) is 25.0 Å². The van der Waals surface area contributed by atoms with Gasteiger partial charge in [0, 0.05) is 18.1 Å². The summed E-state index contributed by atoms with van der Waals surface area (Å²) >= 11 is 0. The molecule has 2 bridgehead atoms. The summed E-state index contributed by atoms with van der Waals surface area (Å²) in [5, 5.41) is 9.35. The molecule has 1 N–H and O–H groups in total. The second-order valence-corrected chi connectivity index (χ2v) is 5.40. The fraction of sp³-hybridized carbons (Fsp3) is 0.533. The predicted octanol–water partition coefficient (Wildman–Crippen LogP) is 1.37. The van der Waals surface area contributed by atoms with Crippen molar-refractivity contribution in [3.63, 3.8) is 0 Å². The molecular formula is C15H18O4. The maximum Gasteiger partial charge on any atom is 0.334 e. The molecule has 2 saturated heterocycles. The van der Waals surface area contributed by atoms with Gasteiger partial charge in [0.1, 0.15) is 6.10 Å². The van der Waals surface area contributed by atoms with Gasteiger partial charge < -0.3 is 14.6 Å². The summed E-state index contributed by atoms with van der Waals surface area (Å²) < 4.78 is 11.1. The van der Waals surface area contributed by atoms with E-state index in [1.165, 1.54) is 5.57 Å². The molecule has 102 valence electrons. The second-order valence-electron chi connectivity index (χ2n) is 5.40. The van der Waals surface area contributed by atoms with E-state index in [1.54, 1.807) is 0 Å². The molecule has 4 atom stereocenters. The number of ether oxygens (including phenoxy) is 2. The van der Waals surface area contributed by atoms with Crippen LogP contribution in [0.3, 0.4) is 0 Å². The van der Waals surface area contributed by atoms with Gasteiger partial charge in [0.25, 0.3) is 0 Å². The van der Waals surface area contributed by atoms with Gasteiger partial charge in [-0.15, -0.1) is 0 Å². The van der Waals surface area contributed by atoms with E-state index in [-0.39, 0.29) is 36.6 Å². The molecule has 2 aliphatic heterocycles. The highest BCUT2D eigenvalue weighted by atomic mass is 16.6. The zero-order valence-electron chi connectivity index (χ0n) is 10.7. The third-order valence-electron chi connectivity index (χ3n) is 4.13. The van der Waals surface area contributed by atoms with Gasteiger partial charge >= 0.3 is 5.97 Å². The smallest absolute Gasteiger partial charge is 0.334 e. The molecule has 3 rings (SSSR count). The quantitative estimate of drug-likeness (QED) is 0.440. The van der Waals surface area contributed by atoms with E-state index in [1.807, 2.05) is 12.2 Å². The summed E-state index contributed by atoms with van der Waals surface area (Å²) in [6, 6.07) is 0. The van der Waals surface area contributed by atoms with Crippen molar-refractivity contribution in [2.75, 3.05) is 13.2 Å². The molecule has 0 aromatic rings. The van der Waals surface area contributed by atoms with Crippen molar-refractivity contribution in [1.82, 2.24) is 0 Å². The molecule has 0 aromatic carbocycles. The number of esters is 1. The lowest BCUT2D eigenvalue weighted by Crippen LogP contribution is -2.27. The van der Waals surface area contributed by atoms with Crippen molar-refractivity contribution >= 4 is 5.97 Å². The zero-order chi connectivity index (χ0) is 13.4. The summed E-state index contributed by atoms with van der Waals surface area (Å²) in [6.45, 7) is 4.54. The molecule has 19 heavy (non-hydrogen) atoms. The standard InChI is InChI=1S/C15H18O4/c1-9-14-12(19-15(9)17)5-4-10(7-16)2-3-11-6-13(14)18-8-11/h3-5,10,12-14,16H,1-2,6-8H2/b5-4-,11-3+/t10?,12-,13+,14+/m1/s1. The first-order valence-electron chi connectivity index (χ1n) is 6.67. The molecule has 0 spiro atoms. The van der Waals surface area contributed by atoms with Crippen molar-refractivity contribution in [1.29, 1.82) is 0 Å². The van der Waals surface area contributed by atoms with E-state index in [9.17, 15) is 9.90 Å². The Morgan fingerprint density at radius 3 is 3.05 bits per heavy atom. The summed E-state index contributed by atoms with van der Waals surface area (Å²) in [5.74, 6) is -0.370. The van der Waals surface area contributed by atoms with Crippen LogP contribution in [0, 0.1) is 11.8 Å². The van der Waals surface area contributed by atoms with Crippen LogP contribution >= 0.6 is 0 Å². The molecule has 0 radical (unpaired) electrons. The fourth-order valence-electron chi connectivity index (χ4n) is 2.96. The normalized spacial score (nSPS) is 42.3. The third-order valence-corrected chi connectivity index (χ3v) is 4.13. The molecule has 4 heteroatoms. The Bertz CT molecular complexity index is 463. The molecule has 4 nitrogen and oxygen atoms in total. The lowest BCUT2D eigenvalue weighted by atomic mass is 9.87. The monoisotopic (exact) mass is 262 g/mol. The van der Waals surface area contributed by atoms with E-state index in [4.69, 9.17) is 9.47 Å². The maximum absolute atomic E-state index is 11.7. The second kappa shape index (κ2) is 4.94. The van der Waals surface area contributed by atoms with Gasteiger partial charge in [0.2, 0.25) is 0 Å². The SMILES string of the molecule is C=C1C(=O)O[C@@H]2/C=C\C(CO)C/C=C3/CO[C@@H](C3)[C@@H]12. The molecular weight excluding hydrogens is 244 g/mol. The van der Waals surface area contributed by atoms with Gasteiger partial charge in [-0.2, -0.15) is 0 Å². The number of rotatable bonds is 1. The van der Waals surface area contributed by atoms with Gasteiger partial charge in [-0.3, -0.25) is 0 Å². The highest BCUT2D eigenvalue weighted by Gasteiger charge is 2.44.